The number of benzene rings is 1. The van der Waals surface area contributed by atoms with Gasteiger partial charge in [-0.05, 0) is 31.7 Å². The molecule has 0 radical (unpaired) electrons. The molecule has 31 heavy (non-hydrogen) atoms. The second-order valence-corrected chi connectivity index (χ2v) is 8.76. The van der Waals surface area contributed by atoms with Gasteiger partial charge in [-0.25, -0.2) is 0 Å². The van der Waals surface area contributed by atoms with Crippen molar-refractivity contribution in [2.24, 2.45) is 0 Å². The Morgan fingerprint density at radius 2 is 2.03 bits per heavy atom. The van der Waals surface area contributed by atoms with Gasteiger partial charge in [0.15, 0.2) is 5.79 Å². The molecule has 7 heteroatoms. The first kappa shape index (κ1) is 22.7. The minimum absolute atomic E-state index is 0.113. The van der Waals surface area contributed by atoms with Crippen molar-refractivity contribution in [1.29, 1.82) is 0 Å². The van der Waals surface area contributed by atoms with E-state index in [1.807, 2.05) is 30.3 Å². The Kier molecular flexibility index (Phi) is 7.29. The number of methoxy groups -OCH3 is 1. The van der Waals surface area contributed by atoms with Crippen LogP contribution in [0.25, 0.3) is 0 Å². The van der Waals surface area contributed by atoms with Crippen molar-refractivity contribution in [2.75, 3.05) is 13.7 Å². The molecular weight excluding hydrogens is 400 g/mol. The normalized spacial score (nSPS) is 37.1. The minimum atomic E-state index is -0.752. The maximum absolute atomic E-state index is 11.1. The SMILES string of the molecule is COC12CC[C@@H](C)OC1CC1OC(CCCOC(C)=O)C(OCc3ccccc3)C1O2. The van der Waals surface area contributed by atoms with Crippen LogP contribution < -0.4 is 0 Å². The first-order valence-corrected chi connectivity index (χ1v) is 11.3. The summed E-state index contributed by atoms with van der Waals surface area (Å²) in [4.78, 5) is 11.1. The van der Waals surface area contributed by atoms with Gasteiger partial charge in [0.25, 0.3) is 0 Å². The third-order valence-electron chi connectivity index (χ3n) is 6.54. The molecule has 3 fully saturated rings. The molecule has 1 aromatic rings. The quantitative estimate of drug-likeness (QED) is 0.459. The lowest BCUT2D eigenvalue weighted by Gasteiger charge is -2.50. The van der Waals surface area contributed by atoms with Crippen molar-refractivity contribution in [3.05, 3.63) is 35.9 Å². The highest BCUT2D eigenvalue weighted by Gasteiger charge is 2.59. The molecule has 3 aliphatic heterocycles. The third-order valence-corrected chi connectivity index (χ3v) is 6.54. The van der Waals surface area contributed by atoms with E-state index in [0.717, 1.165) is 24.8 Å². The van der Waals surface area contributed by atoms with Crippen LogP contribution in [0.2, 0.25) is 0 Å². The highest BCUT2D eigenvalue weighted by atomic mass is 16.7. The van der Waals surface area contributed by atoms with Gasteiger partial charge in [0, 0.05) is 26.9 Å². The highest BCUT2D eigenvalue weighted by molar-refractivity contribution is 5.65. The molecule has 7 atom stereocenters. The number of carbonyl (C=O) groups excluding carboxylic acids is 1. The maximum atomic E-state index is 11.1. The fourth-order valence-electron chi connectivity index (χ4n) is 4.95. The van der Waals surface area contributed by atoms with Crippen molar-refractivity contribution < 1.29 is 33.2 Å². The zero-order chi connectivity index (χ0) is 21.8. The molecule has 4 rings (SSSR count). The topological polar surface area (TPSA) is 72.5 Å². The first-order chi connectivity index (χ1) is 15.0. The van der Waals surface area contributed by atoms with Gasteiger partial charge in [0.05, 0.1) is 31.5 Å². The fourth-order valence-corrected chi connectivity index (χ4v) is 4.95. The van der Waals surface area contributed by atoms with Gasteiger partial charge in [0.1, 0.15) is 18.3 Å². The monoisotopic (exact) mass is 434 g/mol. The molecule has 6 unspecified atom stereocenters. The lowest BCUT2D eigenvalue weighted by atomic mass is 9.87. The van der Waals surface area contributed by atoms with E-state index in [1.165, 1.54) is 6.92 Å². The molecule has 0 aliphatic carbocycles. The van der Waals surface area contributed by atoms with Gasteiger partial charge in [-0.2, -0.15) is 0 Å². The molecule has 0 bridgehead atoms. The van der Waals surface area contributed by atoms with Crippen LogP contribution >= 0.6 is 0 Å². The van der Waals surface area contributed by atoms with Crippen molar-refractivity contribution >= 4 is 5.97 Å². The predicted molar refractivity (Wildman–Crippen MR) is 112 cm³/mol. The molecule has 0 spiro atoms. The molecule has 3 saturated heterocycles. The Balaban J connectivity index is 1.47. The Bertz CT molecular complexity index is 726. The van der Waals surface area contributed by atoms with Gasteiger partial charge >= 0.3 is 5.97 Å². The van der Waals surface area contributed by atoms with E-state index < -0.39 is 5.79 Å². The van der Waals surface area contributed by atoms with E-state index in [0.29, 0.717) is 26.1 Å². The van der Waals surface area contributed by atoms with Crippen LogP contribution in [0.3, 0.4) is 0 Å². The number of hydrogen-bond donors (Lipinski definition) is 0. The van der Waals surface area contributed by atoms with E-state index in [-0.39, 0.29) is 42.6 Å². The smallest absolute Gasteiger partial charge is 0.302 e. The molecule has 3 heterocycles. The largest absolute Gasteiger partial charge is 0.466 e. The Hall–Kier alpha value is -1.51. The summed E-state index contributed by atoms with van der Waals surface area (Å²) in [5.74, 6) is -1.02. The summed E-state index contributed by atoms with van der Waals surface area (Å²) in [5, 5.41) is 0. The Labute approximate surface area is 184 Å². The number of carbonyl (C=O) groups is 1. The summed E-state index contributed by atoms with van der Waals surface area (Å²) in [6.45, 7) is 4.37. The van der Waals surface area contributed by atoms with Crippen LogP contribution in [0.5, 0.6) is 0 Å². The van der Waals surface area contributed by atoms with Crippen molar-refractivity contribution in [3.8, 4) is 0 Å². The lowest BCUT2D eigenvalue weighted by Crippen LogP contribution is -2.62. The molecule has 172 valence electrons. The molecular formula is C24H34O7. The number of rotatable bonds is 8. The number of ether oxygens (including phenoxy) is 6. The second-order valence-electron chi connectivity index (χ2n) is 8.76. The summed E-state index contributed by atoms with van der Waals surface area (Å²) in [5.41, 5.74) is 1.11. The van der Waals surface area contributed by atoms with E-state index in [9.17, 15) is 4.79 Å². The van der Waals surface area contributed by atoms with E-state index in [2.05, 4.69) is 6.92 Å². The fraction of sp³-hybridized carbons (Fsp3) is 0.708. The number of esters is 1. The summed E-state index contributed by atoms with van der Waals surface area (Å²) < 4.78 is 36.6. The van der Waals surface area contributed by atoms with Gasteiger partial charge in [-0.15, -0.1) is 0 Å². The van der Waals surface area contributed by atoms with Crippen molar-refractivity contribution in [2.45, 2.75) is 95.0 Å². The zero-order valence-electron chi connectivity index (χ0n) is 18.7. The van der Waals surface area contributed by atoms with Gasteiger partial charge < -0.3 is 28.4 Å². The zero-order valence-corrected chi connectivity index (χ0v) is 18.7. The van der Waals surface area contributed by atoms with E-state index in [1.54, 1.807) is 7.11 Å². The Morgan fingerprint density at radius 3 is 2.77 bits per heavy atom. The van der Waals surface area contributed by atoms with Crippen LogP contribution in [-0.2, 0) is 39.8 Å². The summed E-state index contributed by atoms with van der Waals surface area (Å²) in [6, 6.07) is 10.1. The minimum Gasteiger partial charge on any atom is -0.466 e. The van der Waals surface area contributed by atoms with Crippen molar-refractivity contribution in [3.63, 3.8) is 0 Å². The molecule has 0 amide bonds. The van der Waals surface area contributed by atoms with Crippen molar-refractivity contribution in [1.82, 2.24) is 0 Å². The van der Waals surface area contributed by atoms with E-state index >= 15 is 0 Å². The third kappa shape index (κ3) is 5.12. The van der Waals surface area contributed by atoms with Gasteiger partial charge in [-0.1, -0.05) is 30.3 Å². The first-order valence-electron chi connectivity index (χ1n) is 11.3. The summed E-state index contributed by atoms with van der Waals surface area (Å²) >= 11 is 0. The van der Waals surface area contributed by atoms with Crippen LogP contribution in [0.1, 0.15) is 51.5 Å². The average Bonchev–Trinajstić information content (AvgIpc) is 3.10. The second kappa shape index (κ2) is 9.96. The molecule has 3 aliphatic rings. The average molecular weight is 435 g/mol. The molecule has 0 saturated carbocycles. The van der Waals surface area contributed by atoms with Crippen LogP contribution in [0.15, 0.2) is 30.3 Å². The summed E-state index contributed by atoms with van der Waals surface area (Å²) in [6.07, 6.45) is 3.16. The maximum Gasteiger partial charge on any atom is 0.302 e. The Morgan fingerprint density at radius 1 is 1.23 bits per heavy atom. The van der Waals surface area contributed by atoms with Crippen LogP contribution in [0, 0.1) is 0 Å². The molecule has 7 nitrogen and oxygen atoms in total. The highest BCUT2D eigenvalue weighted by Crippen LogP contribution is 2.46. The number of hydrogen-bond acceptors (Lipinski definition) is 7. The number of fused-ring (bicyclic) bond motifs is 2. The standard InChI is InChI=1S/C24H34O7/c1-16-11-12-24(26-3)21(29-16)14-20-23(31-24)22(28-15-18-8-5-4-6-9-18)19(30-20)10-7-13-27-17(2)25/h4-6,8-9,16,19-23H,7,10-15H2,1-3H3/t16-,19?,20?,21?,22?,23?,24?/m1/s1. The summed E-state index contributed by atoms with van der Waals surface area (Å²) in [7, 11) is 1.69. The predicted octanol–water partition coefficient (Wildman–Crippen LogP) is 3.38. The van der Waals surface area contributed by atoms with Gasteiger partial charge in [-0.3, -0.25) is 4.79 Å². The molecule has 1 aromatic carbocycles. The van der Waals surface area contributed by atoms with Crippen LogP contribution in [0.4, 0.5) is 0 Å². The molecule has 0 N–H and O–H groups in total. The van der Waals surface area contributed by atoms with Crippen LogP contribution in [-0.4, -0.2) is 62.1 Å². The molecule has 0 aromatic heterocycles. The van der Waals surface area contributed by atoms with E-state index in [4.69, 9.17) is 28.4 Å². The lowest BCUT2D eigenvalue weighted by molar-refractivity contribution is -0.360. The van der Waals surface area contributed by atoms with Gasteiger partial charge in [0.2, 0.25) is 0 Å².